The standard InChI is InChI=1S/C16H21NO2/c18-15(19)11-16(8-9-16)12-17-10-4-3-6-13-5-1-2-7-14(13)17/h1-2,5,7H,3-4,6,8-12H2,(H,18,19). The van der Waals surface area contributed by atoms with Crippen LogP contribution in [-0.2, 0) is 11.2 Å². The van der Waals surface area contributed by atoms with E-state index in [9.17, 15) is 4.79 Å². The Kier molecular flexibility index (Phi) is 3.21. The first kappa shape index (κ1) is 12.5. The maximum absolute atomic E-state index is 11.0. The molecule has 1 aromatic rings. The van der Waals surface area contributed by atoms with Crippen LogP contribution in [0, 0.1) is 5.41 Å². The van der Waals surface area contributed by atoms with E-state index in [0.29, 0.717) is 6.42 Å². The number of carboxylic acids is 1. The maximum atomic E-state index is 11.0. The number of hydrogen-bond acceptors (Lipinski definition) is 2. The zero-order chi connectivity index (χ0) is 13.3. The number of rotatable bonds is 4. The van der Waals surface area contributed by atoms with Crippen molar-refractivity contribution in [2.24, 2.45) is 5.41 Å². The minimum Gasteiger partial charge on any atom is -0.481 e. The minimum atomic E-state index is -0.652. The number of nitrogens with zero attached hydrogens (tertiary/aromatic N) is 1. The Bertz CT molecular complexity index is 479. The van der Waals surface area contributed by atoms with Gasteiger partial charge in [-0.25, -0.2) is 0 Å². The van der Waals surface area contributed by atoms with Crippen LogP contribution in [0.25, 0.3) is 0 Å². The van der Waals surface area contributed by atoms with Gasteiger partial charge in [-0.1, -0.05) is 18.2 Å². The molecule has 3 rings (SSSR count). The fourth-order valence-corrected chi connectivity index (χ4v) is 3.23. The molecule has 1 aliphatic heterocycles. The molecule has 0 saturated heterocycles. The molecule has 2 aliphatic rings. The lowest BCUT2D eigenvalue weighted by atomic mass is 10.0. The molecule has 19 heavy (non-hydrogen) atoms. The molecule has 0 radical (unpaired) electrons. The molecule has 102 valence electrons. The highest BCUT2D eigenvalue weighted by molar-refractivity contribution is 5.68. The third kappa shape index (κ3) is 2.75. The van der Waals surface area contributed by atoms with Gasteiger partial charge in [0.2, 0.25) is 0 Å². The molecule has 3 heteroatoms. The third-order valence-electron chi connectivity index (χ3n) is 4.47. The minimum absolute atomic E-state index is 0.0449. The highest BCUT2D eigenvalue weighted by Gasteiger charge is 2.45. The summed E-state index contributed by atoms with van der Waals surface area (Å²) in [7, 11) is 0. The van der Waals surface area contributed by atoms with Crippen molar-refractivity contribution in [2.75, 3.05) is 18.0 Å². The molecule has 0 bridgehead atoms. The highest BCUT2D eigenvalue weighted by atomic mass is 16.4. The fourth-order valence-electron chi connectivity index (χ4n) is 3.23. The molecular formula is C16H21NO2. The molecule has 1 N–H and O–H groups in total. The van der Waals surface area contributed by atoms with E-state index in [4.69, 9.17) is 5.11 Å². The van der Waals surface area contributed by atoms with Gasteiger partial charge in [0.25, 0.3) is 0 Å². The van der Waals surface area contributed by atoms with Gasteiger partial charge in [-0.3, -0.25) is 4.79 Å². The zero-order valence-corrected chi connectivity index (χ0v) is 11.3. The van der Waals surface area contributed by atoms with Crippen molar-refractivity contribution in [1.29, 1.82) is 0 Å². The Hall–Kier alpha value is -1.51. The van der Waals surface area contributed by atoms with Crippen LogP contribution in [0.1, 0.15) is 37.7 Å². The predicted molar refractivity (Wildman–Crippen MR) is 75.5 cm³/mol. The van der Waals surface area contributed by atoms with Crippen molar-refractivity contribution in [3.05, 3.63) is 29.8 Å². The number of carboxylic acid groups (broad SMARTS) is 1. The number of anilines is 1. The van der Waals surface area contributed by atoms with Crippen LogP contribution < -0.4 is 4.90 Å². The smallest absolute Gasteiger partial charge is 0.303 e. The summed E-state index contributed by atoms with van der Waals surface area (Å²) < 4.78 is 0. The van der Waals surface area contributed by atoms with Crippen LogP contribution in [0.15, 0.2) is 24.3 Å². The quantitative estimate of drug-likeness (QED) is 0.903. The summed E-state index contributed by atoms with van der Waals surface area (Å²) in [6.07, 6.45) is 6.05. The van der Waals surface area contributed by atoms with Crippen molar-refractivity contribution in [3.8, 4) is 0 Å². The molecule has 0 unspecified atom stereocenters. The monoisotopic (exact) mass is 259 g/mol. The van der Waals surface area contributed by atoms with E-state index >= 15 is 0 Å². The van der Waals surface area contributed by atoms with Gasteiger partial charge in [0.05, 0.1) is 6.42 Å². The summed E-state index contributed by atoms with van der Waals surface area (Å²) in [5, 5.41) is 9.05. The van der Waals surface area contributed by atoms with Crippen LogP contribution in [0.2, 0.25) is 0 Å². The second-order valence-electron chi connectivity index (χ2n) is 6.08. The fraction of sp³-hybridized carbons (Fsp3) is 0.562. The van der Waals surface area contributed by atoms with Crippen LogP contribution in [0.4, 0.5) is 5.69 Å². The van der Waals surface area contributed by atoms with E-state index in [2.05, 4.69) is 29.2 Å². The van der Waals surface area contributed by atoms with Crippen LogP contribution in [-0.4, -0.2) is 24.2 Å². The average molecular weight is 259 g/mol. The number of aliphatic carboxylic acids is 1. The predicted octanol–water partition coefficient (Wildman–Crippen LogP) is 3.08. The highest BCUT2D eigenvalue weighted by Crippen LogP contribution is 2.50. The van der Waals surface area contributed by atoms with Gasteiger partial charge in [0.1, 0.15) is 0 Å². The molecule has 0 atom stereocenters. The number of hydrogen-bond donors (Lipinski definition) is 1. The molecule has 3 nitrogen and oxygen atoms in total. The molecular weight excluding hydrogens is 238 g/mol. The Morgan fingerprint density at radius 3 is 2.79 bits per heavy atom. The summed E-state index contributed by atoms with van der Waals surface area (Å²) in [5.74, 6) is -0.652. The first-order valence-electron chi connectivity index (χ1n) is 7.23. The topological polar surface area (TPSA) is 40.5 Å². The molecule has 0 aromatic heterocycles. The van der Waals surface area contributed by atoms with Crippen molar-refractivity contribution >= 4 is 11.7 Å². The molecule has 0 amide bonds. The number of para-hydroxylation sites is 1. The van der Waals surface area contributed by atoms with E-state index in [0.717, 1.165) is 32.4 Å². The van der Waals surface area contributed by atoms with E-state index in [1.807, 2.05) is 0 Å². The van der Waals surface area contributed by atoms with Crippen molar-refractivity contribution < 1.29 is 9.90 Å². The lowest BCUT2D eigenvalue weighted by Crippen LogP contribution is -2.32. The van der Waals surface area contributed by atoms with Crippen LogP contribution in [0.3, 0.4) is 0 Å². The molecule has 1 aromatic carbocycles. The number of carbonyl (C=O) groups is 1. The summed E-state index contributed by atoms with van der Waals surface area (Å²) >= 11 is 0. The van der Waals surface area contributed by atoms with Crippen molar-refractivity contribution in [3.63, 3.8) is 0 Å². The van der Waals surface area contributed by atoms with Gasteiger partial charge in [0, 0.05) is 18.8 Å². The largest absolute Gasteiger partial charge is 0.481 e. The van der Waals surface area contributed by atoms with Crippen LogP contribution >= 0.6 is 0 Å². The third-order valence-corrected chi connectivity index (χ3v) is 4.47. The zero-order valence-electron chi connectivity index (χ0n) is 11.3. The summed E-state index contributed by atoms with van der Waals surface area (Å²) in [5.41, 5.74) is 2.80. The summed E-state index contributed by atoms with van der Waals surface area (Å²) in [4.78, 5) is 13.4. The summed E-state index contributed by atoms with van der Waals surface area (Å²) in [6, 6.07) is 8.60. The molecule has 1 aliphatic carbocycles. The van der Waals surface area contributed by atoms with E-state index in [-0.39, 0.29) is 5.41 Å². The van der Waals surface area contributed by atoms with Gasteiger partial charge < -0.3 is 10.0 Å². The molecule has 0 spiro atoms. The van der Waals surface area contributed by atoms with Crippen molar-refractivity contribution in [1.82, 2.24) is 0 Å². The molecule has 1 saturated carbocycles. The lowest BCUT2D eigenvalue weighted by molar-refractivity contribution is -0.138. The van der Waals surface area contributed by atoms with Crippen molar-refractivity contribution in [2.45, 2.75) is 38.5 Å². The van der Waals surface area contributed by atoms with Gasteiger partial charge in [-0.05, 0) is 49.1 Å². The number of aryl methyl sites for hydroxylation is 1. The van der Waals surface area contributed by atoms with Gasteiger partial charge in [-0.15, -0.1) is 0 Å². The van der Waals surface area contributed by atoms with Crippen LogP contribution in [0.5, 0.6) is 0 Å². The van der Waals surface area contributed by atoms with Gasteiger partial charge in [0.15, 0.2) is 0 Å². The number of benzene rings is 1. The second-order valence-corrected chi connectivity index (χ2v) is 6.08. The van der Waals surface area contributed by atoms with E-state index in [1.165, 1.54) is 24.1 Å². The summed E-state index contributed by atoms with van der Waals surface area (Å²) in [6.45, 7) is 1.98. The second kappa shape index (κ2) is 4.87. The molecule has 1 heterocycles. The SMILES string of the molecule is O=C(O)CC1(CN2CCCCc3ccccc32)CC1. The Morgan fingerprint density at radius 2 is 2.05 bits per heavy atom. The Labute approximate surface area is 114 Å². The first-order valence-corrected chi connectivity index (χ1v) is 7.23. The average Bonchev–Trinajstić information content (AvgIpc) is 3.14. The van der Waals surface area contributed by atoms with Gasteiger partial charge >= 0.3 is 5.97 Å². The van der Waals surface area contributed by atoms with E-state index in [1.54, 1.807) is 0 Å². The lowest BCUT2D eigenvalue weighted by Gasteiger charge is -2.29. The normalized spacial score (nSPS) is 20.5. The number of fused-ring (bicyclic) bond motifs is 1. The molecule has 1 fully saturated rings. The Morgan fingerprint density at radius 1 is 1.26 bits per heavy atom. The Balaban J connectivity index is 1.79. The first-order chi connectivity index (χ1) is 9.19. The van der Waals surface area contributed by atoms with Gasteiger partial charge in [-0.2, -0.15) is 0 Å². The van der Waals surface area contributed by atoms with E-state index < -0.39 is 5.97 Å². The maximum Gasteiger partial charge on any atom is 0.303 e.